The van der Waals surface area contributed by atoms with Gasteiger partial charge in [-0.15, -0.1) is 11.3 Å². The monoisotopic (exact) mass is 225 g/mol. The first-order valence-corrected chi connectivity index (χ1v) is 6.89. The Hall–Kier alpha value is -0.340. The highest BCUT2D eigenvalue weighted by molar-refractivity contribution is 7.10. The van der Waals surface area contributed by atoms with E-state index in [4.69, 9.17) is 0 Å². The highest BCUT2D eigenvalue weighted by Crippen LogP contribution is 2.33. The van der Waals surface area contributed by atoms with Crippen LogP contribution in [0.25, 0.3) is 0 Å². The third-order valence-electron chi connectivity index (χ3n) is 3.28. The van der Waals surface area contributed by atoms with Crippen molar-refractivity contribution in [1.29, 1.82) is 0 Å². The third-order valence-corrected chi connectivity index (χ3v) is 4.32. The molecule has 0 aliphatic carbocycles. The maximum absolute atomic E-state index is 3.49. The quantitative estimate of drug-likeness (QED) is 0.771. The standard InChI is InChI=1S/C13H23NS/c1-5-10(6-2)12(14-4)13-11(7-3)8-9-15-13/h8-10,12,14H,5-7H2,1-4H3. The molecule has 15 heavy (non-hydrogen) atoms. The van der Waals surface area contributed by atoms with E-state index >= 15 is 0 Å². The molecule has 1 atom stereocenters. The molecule has 1 aromatic heterocycles. The molecule has 0 aromatic carbocycles. The summed E-state index contributed by atoms with van der Waals surface area (Å²) in [5.74, 6) is 0.763. The van der Waals surface area contributed by atoms with Gasteiger partial charge in [-0.25, -0.2) is 0 Å². The van der Waals surface area contributed by atoms with E-state index < -0.39 is 0 Å². The van der Waals surface area contributed by atoms with Gasteiger partial charge in [0, 0.05) is 10.9 Å². The Labute approximate surface area is 97.9 Å². The molecule has 0 fully saturated rings. The average molecular weight is 225 g/mol. The van der Waals surface area contributed by atoms with Crippen LogP contribution in [0.2, 0.25) is 0 Å². The second-order valence-corrected chi connectivity index (χ2v) is 4.95. The number of thiophene rings is 1. The molecule has 0 radical (unpaired) electrons. The summed E-state index contributed by atoms with van der Waals surface area (Å²) >= 11 is 1.90. The van der Waals surface area contributed by atoms with Gasteiger partial charge >= 0.3 is 0 Å². The molecule has 0 saturated heterocycles. The van der Waals surface area contributed by atoms with E-state index in [1.807, 2.05) is 11.3 Å². The molecule has 0 amide bonds. The smallest absolute Gasteiger partial charge is 0.0443 e. The zero-order chi connectivity index (χ0) is 11.3. The van der Waals surface area contributed by atoms with Crippen LogP contribution in [-0.2, 0) is 6.42 Å². The Morgan fingerprint density at radius 1 is 1.27 bits per heavy atom. The normalized spacial score (nSPS) is 13.4. The van der Waals surface area contributed by atoms with E-state index in [0.29, 0.717) is 6.04 Å². The first-order chi connectivity index (χ1) is 7.28. The fourth-order valence-corrected chi connectivity index (χ4v) is 3.45. The van der Waals surface area contributed by atoms with Crippen molar-refractivity contribution >= 4 is 11.3 Å². The van der Waals surface area contributed by atoms with E-state index in [0.717, 1.165) is 12.3 Å². The predicted molar refractivity (Wildman–Crippen MR) is 69.6 cm³/mol. The van der Waals surface area contributed by atoms with E-state index in [1.165, 1.54) is 18.4 Å². The molecule has 1 aromatic rings. The van der Waals surface area contributed by atoms with Crippen molar-refractivity contribution in [3.05, 3.63) is 21.9 Å². The SMILES string of the molecule is CCc1ccsc1C(NC)C(CC)CC. The predicted octanol–water partition coefficient (Wildman–Crippen LogP) is 4.01. The van der Waals surface area contributed by atoms with Gasteiger partial charge in [0.15, 0.2) is 0 Å². The number of aryl methyl sites for hydroxylation is 1. The minimum atomic E-state index is 0.551. The van der Waals surface area contributed by atoms with Crippen LogP contribution in [0.4, 0.5) is 0 Å². The number of nitrogens with one attached hydrogen (secondary N) is 1. The van der Waals surface area contributed by atoms with Crippen molar-refractivity contribution < 1.29 is 0 Å². The summed E-state index contributed by atoms with van der Waals surface area (Å²) in [7, 11) is 2.09. The second-order valence-electron chi connectivity index (χ2n) is 4.01. The Kier molecular flexibility index (Phi) is 5.34. The number of hydrogen-bond acceptors (Lipinski definition) is 2. The maximum Gasteiger partial charge on any atom is 0.0443 e. The van der Waals surface area contributed by atoms with E-state index in [1.54, 1.807) is 4.88 Å². The van der Waals surface area contributed by atoms with E-state index in [9.17, 15) is 0 Å². The van der Waals surface area contributed by atoms with Crippen LogP contribution in [-0.4, -0.2) is 7.05 Å². The lowest BCUT2D eigenvalue weighted by Gasteiger charge is -2.25. The number of hydrogen-bond donors (Lipinski definition) is 1. The molecule has 1 N–H and O–H groups in total. The lowest BCUT2D eigenvalue weighted by molar-refractivity contribution is 0.363. The molecular weight excluding hydrogens is 202 g/mol. The second kappa shape index (κ2) is 6.29. The summed E-state index contributed by atoms with van der Waals surface area (Å²) in [6.45, 7) is 6.82. The van der Waals surface area contributed by atoms with E-state index in [2.05, 4.69) is 44.6 Å². The fraction of sp³-hybridized carbons (Fsp3) is 0.692. The lowest BCUT2D eigenvalue weighted by atomic mass is 9.91. The molecule has 0 aliphatic heterocycles. The van der Waals surface area contributed by atoms with Gasteiger partial charge in [0.25, 0.3) is 0 Å². The Morgan fingerprint density at radius 3 is 2.40 bits per heavy atom. The minimum Gasteiger partial charge on any atom is -0.312 e. The van der Waals surface area contributed by atoms with Gasteiger partial charge in [-0.2, -0.15) is 0 Å². The molecule has 1 unspecified atom stereocenters. The molecule has 2 heteroatoms. The van der Waals surface area contributed by atoms with Crippen LogP contribution in [0.3, 0.4) is 0 Å². The number of rotatable bonds is 6. The Balaban J connectivity index is 2.90. The van der Waals surface area contributed by atoms with Crippen LogP contribution in [0.15, 0.2) is 11.4 Å². The van der Waals surface area contributed by atoms with Crippen molar-refractivity contribution in [1.82, 2.24) is 5.32 Å². The van der Waals surface area contributed by atoms with Crippen LogP contribution in [0, 0.1) is 5.92 Å². The summed E-state index contributed by atoms with van der Waals surface area (Å²) in [5, 5.41) is 5.71. The summed E-state index contributed by atoms with van der Waals surface area (Å²) in [4.78, 5) is 1.55. The first-order valence-electron chi connectivity index (χ1n) is 6.01. The van der Waals surface area contributed by atoms with Crippen molar-refractivity contribution in [2.24, 2.45) is 5.92 Å². The molecule has 0 aliphatic rings. The van der Waals surface area contributed by atoms with E-state index in [-0.39, 0.29) is 0 Å². The van der Waals surface area contributed by atoms with Crippen LogP contribution in [0.5, 0.6) is 0 Å². The van der Waals surface area contributed by atoms with Gasteiger partial charge in [-0.3, -0.25) is 0 Å². The summed E-state index contributed by atoms with van der Waals surface area (Å²) in [6.07, 6.45) is 3.66. The zero-order valence-corrected chi connectivity index (χ0v) is 11.2. The molecular formula is C13H23NS. The molecule has 1 rings (SSSR count). The van der Waals surface area contributed by atoms with Gasteiger partial charge in [0.05, 0.1) is 0 Å². The first kappa shape index (κ1) is 12.7. The minimum absolute atomic E-state index is 0.551. The average Bonchev–Trinajstić information content (AvgIpc) is 2.73. The van der Waals surface area contributed by atoms with Crippen LogP contribution in [0.1, 0.15) is 50.1 Å². The van der Waals surface area contributed by atoms with Gasteiger partial charge < -0.3 is 5.32 Å². The molecule has 0 saturated carbocycles. The topological polar surface area (TPSA) is 12.0 Å². The van der Waals surface area contributed by atoms with Gasteiger partial charge in [0.1, 0.15) is 0 Å². The third kappa shape index (κ3) is 2.82. The van der Waals surface area contributed by atoms with Crippen molar-refractivity contribution in [3.8, 4) is 0 Å². The molecule has 0 spiro atoms. The van der Waals surface area contributed by atoms with Gasteiger partial charge in [-0.1, -0.05) is 33.6 Å². The van der Waals surface area contributed by atoms with Crippen molar-refractivity contribution in [2.75, 3.05) is 7.05 Å². The molecule has 0 bridgehead atoms. The van der Waals surface area contributed by atoms with Crippen molar-refractivity contribution in [2.45, 2.75) is 46.1 Å². The zero-order valence-electron chi connectivity index (χ0n) is 10.3. The van der Waals surface area contributed by atoms with Gasteiger partial charge in [0.2, 0.25) is 0 Å². The fourth-order valence-electron chi connectivity index (χ4n) is 2.25. The van der Waals surface area contributed by atoms with Gasteiger partial charge in [-0.05, 0) is 36.4 Å². The van der Waals surface area contributed by atoms with Crippen LogP contribution >= 0.6 is 11.3 Å². The molecule has 1 nitrogen and oxygen atoms in total. The van der Waals surface area contributed by atoms with Crippen molar-refractivity contribution in [3.63, 3.8) is 0 Å². The highest BCUT2D eigenvalue weighted by atomic mass is 32.1. The summed E-state index contributed by atoms with van der Waals surface area (Å²) in [5.41, 5.74) is 1.52. The summed E-state index contributed by atoms with van der Waals surface area (Å²) < 4.78 is 0. The Morgan fingerprint density at radius 2 is 1.93 bits per heavy atom. The molecule has 86 valence electrons. The largest absolute Gasteiger partial charge is 0.312 e. The summed E-state index contributed by atoms with van der Waals surface area (Å²) in [6, 6.07) is 2.82. The lowest BCUT2D eigenvalue weighted by Crippen LogP contribution is -2.24. The maximum atomic E-state index is 3.49. The Bertz CT molecular complexity index is 276. The van der Waals surface area contributed by atoms with Crippen LogP contribution < -0.4 is 5.32 Å². The molecule has 1 heterocycles. The highest BCUT2D eigenvalue weighted by Gasteiger charge is 2.21.